The van der Waals surface area contributed by atoms with E-state index in [0.717, 1.165) is 24.0 Å². The molecule has 1 N–H and O–H groups in total. The van der Waals surface area contributed by atoms with Gasteiger partial charge in [-0.15, -0.1) is 0 Å². The van der Waals surface area contributed by atoms with Crippen molar-refractivity contribution < 1.29 is 14.3 Å². The van der Waals surface area contributed by atoms with Gasteiger partial charge in [-0.2, -0.15) is 0 Å². The van der Waals surface area contributed by atoms with Crippen molar-refractivity contribution in [1.29, 1.82) is 0 Å². The van der Waals surface area contributed by atoms with Crippen molar-refractivity contribution in [2.24, 2.45) is 5.16 Å². The third kappa shape index (κ3) is 4.35. The van der Waals surface area contributed by atoms with Crippen molar-refractivity contribution >= 4 is 5.71 Å². The molecule has 0 aliphatic carbocycles. The van der Waals surface area contributed by atoms with E-state index in [2.05, 4.69) is 5.16 Å². The highest BCUT2D eigenvalue weighted by atomic mass is 19.1. The zero-order valence-electron chi connectivity index (χ0n) is 10.9. The predicted molar refractivity (Wildman–Crippen MR) is 70.5 cm³/mol. The first-order valence-corrected chi connectivity index (χ1v) is 6.17. The van der Waals surface area contributed by atoms with Crippen LogP contribution >= 0.6 is 0 Å². The Kier molecular flexibility index (Phi) is 6.19. The zero-order valence-corrected chi connectivity index (χ0v) is 10.9. The molecule has 0 spiro atoms. The first kappa shape index (κ1) is 14.5. The van der Waals surface area contributed by atoms with Crippen LogP contribution in [0.5, 0.6) is 5.75 Å². The van der Waals surface area contributed by atoms with Gasteiger partial charge < -0.3 is 9.94 Å². The topological polar surface area (TPSA) is 41.8 Å². The van der Waals surface area contributed by atoms with Crippen molar-refractivity contribution in [3.8, 4) is 5.75 Å². The molecule has 0 atom stereocenters. The second-order valence-electron chi connectivity index (χ2n) is 4.28. The summed E-state index contributed by atoms with van der Waals surface area (Å²) < 4.78 is 17.6. The van der Waals surface area contributed by atoms with Crippen molar-refractivity contribution in [3.05, 3.63) is 29.3 Å². The lowest BCUT2D eigenvalue weighted by atomic mass is 10.1. The Morgan fingerprint density at radius 2 is 2.11 bits per heavy atom. The first-order chi connectivity index (χ1) is 8.69. The van der Waals surface area contributed by atoms with E-state index in [4.69, 9.17) is 9.94 Å². The van der Waals surface area contributed by atoms with E-state index in [-0.39, 0.29) is 6.67 Å². The van der Waals surface area contributed by atoms with Crippen LogP contribution in [0.4, 0.5) is 4.39 Å². The van der Waals surface area contributed by atoms with Crippen LogP contribution in [0.15, 0.2) is 23.4 Å². The number of hydrogen-bond donors (Lipinski definition) is 1. The zero-order chi connectivity index (χ0) is 13.4. The summed E-state index contributed by atoms with van der Waals surface area (Å²) in [6.45, 7) is 3.98. The number of rotatable bonds is 7. The fourth-order valence-electron chi connectivity index (χ4n) is 1.66. The van der Waals surface area contributed by atoms with Gasteiger partial charge >= 0.3 is 0 Å². The van der Waals surface area contributed by atoms with Gasteiger partial charge in [0.1, 0.15) is 5.75 Å². The summed E-state index contributed by atoms with van der Waals surface area (Å²) in [5.41, 5.74) is 2.40. The predicted octanol–water partition coefficient (Wildman–Crippen LogP) is 3.71. The molecule has 3 nitrogen and oxygen atoms in total. The minimum atomic E-state index is -0.272. The molecule has 4 heteroatoms. The van der Waals surface area contributed by atoms with Crippen LogP contribution in [0.25, 0.3) is 0 Å². The largest absolute Gasteiger partial charge is 0.493 e. The van der Waals surface area contributed by atoms with E-state index in [1.165, 1.54) is 0 Å². The lowest BCUT2D eigenvalue weighted by Gasteiger charge is -2.11. The fraction of sp³-hybridized carbons (Fsp3) is 0.500. The van der Waals surface area contributed by atoms with Crippen LogP contribution in [0.3, 0.4) is 0 Å². The Labute approximate surface area is 107 Å². The summed E-state index contributed by atoms with van der Waals surface area (Å²) in [7, 11) is 0. The minimum Gasteiger partial charge on any atom is -0.493 e. The van der Waals surface area contributed by atoms with Crippen molar-refractivity contribution in [2.45, 2.75) is 33.1 Å². The second kappa shape index (κ2) is 7.69. The number of oxime groups is 1. The summed E-state index contributed by atoms with van der Waals surface area (Å²) in [6.07, 6.45) is 2.23. The third-order valence-electron chi connectivity index (χ3n) is 2.71. The molecule has 0 saturated carbocycles. The molecule has 0 aliphatic heterocycles. The fourth-order valence-corrected chi connectivity index (χ4v) is 1.66. The third-order valence-corrected chi connectivity index (χ3v) is 2.71. The number of hydrogen-bond acceptors (Lipinski definition) is 3. The van der Waals surface area contributed by atoms with Crippen LogP contribution in [-0.4, -0.2) is 24.2 Å². The van der Waals surface area contributed by atoms with Crippen molar-refractivity contribution in [2.75, 3.05) is 13.3 Å². The van der Waals surface area contributed by atoms with Gasteiger partial charge in [0.15, 0.2) is 0 Å². The highest BCUT2D eigenvalue weighted by Crippen LogP contribution is 2.21. The Bertz CT molecular complexity index is 405. The van der Waals surface area contributed by atoms with Gasteiger partial charge in [-0.05, 0) is 45.2 Å². The monoisotopic (exact) mass is 253 g/mol. The van der Waals surface area contributed by atoms with Crippen LogP contribution in [0.1, 0.15) is 37.3 Å². The van der Waals surface area contributed by atoms with Gasteiger partial charge in [0.2, 0.25) is 0 Å². The lowest BCUT2D eigenvalue weighted by Crippen LogP contribution is -2.04. The number of aryl methyl sites for hydroxylation is 1. The molecule has 18 heavy (non-hydrogen) atoms. The van der Waals surface area contributed by atoms with Gasteiger partial charge in [-0.3, -0.25) is 4.39 Å². The Hall–Kier alpha value is -1.58. The highest BCUT2D eigenvalue weighted by Gasteiger charge is 2.07. The maximum Gasteiger partial charge on any atom is 0.128 e. The molecule has 0 bridgehead atoms. The molecular formula is C14H20FNO2. The average molecular weight is 253 g/mol. The highest BCUT2D eigenvalue weighted by molar-refractivity contribution is 6.00. The maximum absolute atomic E-state index is 11.9. The van der Waals surface area contributed by atoms with Gasteiger partial charge in [0, 0.05) is 5.56 Å². The smallest absolute Gasteiger partial charge is 0.128 e. The number of halogens is 1. The van der Waals surface area contributed by atoms with Crippen LogP contribution in [0.2, 0.25) is 0 Å². The molecule has 0 amide bonds. The van der Waals surface area contributed by atoms with E-state index >= 15 is 0 Å². The molecule has 0 heterocycles. The Balaban J connectivity index is 2.64. The number of ether oxygens (including phenoxy) is 1. The van der Waals surface area contributed by atoms with E-state index in [1.54, 1.807) is 6.92 Å². The standard InChI is InChI=1S/C14H20FNO2/c1-11-6-7-14(13(10-11)12(2)16-17)18-9-5-3-4-8-15/h6-7,10,17H,3-5,8-9H2,1-2H3/b16-12-. The van der Waals surface area contributed by atoms with Gasteiger partial charge in [-0.1, -0.05) is 16.8 Å². The SMILES string of the molecule is C/C(=N/O)c1cc(C)ccc1OCCCCCF. The molecule has 0 radical (unpaired) electrons. The lowest BCUT2D eigenvalue weighted by molar-refractivity contribution is 0.299. The van der Waals surface area contributed by atoms with Crippen LogP contribution in [-0.2, 0) is 0 Å². The summed E-state index contributed by atoms with van der Waals surface area (Å²) in [4.78, 5) is 0. The molecule has 0 fully saturated rings. The van der Waals surface area contributed by atoms with Gasteiger partial charge in [0.05, 0.1) is 19.0 Å². The molecular weight excluding hydrogens is 233 g/mol. The number of benzene rings is 1. The van der Waals surface area contributed by atoms with Crippen molar-refractivity contribution in [1.82, 2.24) is 0 Å². The van der Waals surface area contributed by atoms with Crippen molar-refractivity contribution in [3.63, 3.8) is 0 Å². The van der Waals surface area contributed by atoms with Gasteiger partial charge in [-0.25, -0.2) is 0 Å². The molecule has 1 rings (SSSR count). The van der Waals surface area contributed by atoms with E-state index in [9.17, 15) is 4.39 Å². The molecule has 1 aromatic rings. The summed E-state index contributed by atoms with van der Waals surface area (Å²) in [5, 5.41) is 12.0. The second-order valence-corrected chi connectivity index (χ2v) is 4.28. The quantitative estimate of drug-likeness (QED) is 0.348. The van der Waals surface area contributed by atoms with Gasteiger partial charge in [0.25, 0.3) is 0 Å². The Morgan fingerprint density at radius 3 is 2.78 bits per heavy atom. The Morgan fingerprint density at radius 1 is 1.33 bits per heavy atom. The maximum atomic E-state index is 11.9. The molecule has 1 aromatic carbocycles. The minimum absolute atomic E-state index is 0.272. The summed E-state index contributed by atoms with van der Waals surface area (Å²) in [6, 6.07) is 5.74. The van der Waals surface area contributed by atoms with E-state index in [1.807, 2.05) is 25.1 Å². The first-order valence-electron chi connectivity index (χ1n) is 6.17. The summed E-state index contributed by atoms with van der Waals surface area (Å²) in [5.74, 6) is 0.705. The van der Waals surface area contributed by atoms with E-state index < -0.39 is 0 Å². The number of nitrogens with zero attached hydrogens (tertiary/aromatic N) is 1. The molecule has 0 aliphatic rings. The van der Waals surface area contributed by atoms with E-state index in [0.29, 0.717) is 24.5 Å². The number of alkyl halides is 1. The normalized spacial score (nSPS) is 11.6. The number of unbranched alkanes of at least 4 members (excludes halogenated alkanes) is 2. The van der Waals surface area contributed by atoms with Crippen LogP contribution in [0, 0.1) is 6.92 Å². The summed E-state index contributed by atoms with van der Waals surface area (Å²) >= 11 is 0. The van der Waals surface area contributed by atoms with Crippen LogP contribution < -0.4 is 4.74 Å². The molecule has 100 valence electrons. The molecule has 0 aromatic heterocycles. The average Bonchev–Trinajstić information content (AvgIpc) is 2.39. The molecule has 0 unspecified atom stereocenters. The molecule has 0 saturated heterocycles.